The van der Waals surface area contributed by atoms with E-state index in [0.29, 0.717) is 22.8 Å². The third-order valence-corrected chi connectivity index (χ3v) is 4.21. The van der Waals surface area contributed by atoms with Crippen LogP contribution in [0.5, 0.6) is 0 Å². The Morgan fingerprint density at radius 1 is 1.12 bits per heavy atom. The molecule has 0 aliphatic carbocycles. The van der Waals surface area contributed by atoms with Crippen molar-refractivity contribution in [2.75, 3.05) is 0 Å². The summed E-state index contributed by atoms with van der Waals surface area (Å²) in [6, 6.07) is 13.2. The van der Waals surface area contributed by atoms with Gasteiger partial charge in [0.1, 0.15) is 11.3 Å². The van der Waals surface area contributed by atoms with Gasteiger partial charge in [0.15, 0.2) is 11.5 Å². The summed E-state index contributed by atoms with van der Waals surface area (Å²) >= 11 is 0. The lowest BCUT2D eigenvalue weighted by atomic mass is 10.1. The summed E-state index contributed by atoms with van der Waals surface area (Å²) in [5.74, 6) is 0.575. The second-order valence-corrected chi connectivity index (χ2v) is 6.13. The molecule has 3 heterocycles. The van der Waals surface area contributed by atoms with E-state index >= 15 is 0 Å². The average Bonchev–Trinajstić information content (AvgIpc) is 3.25. The monoisotopic (exact) mass is 347 g/mol. The van der Waals surface area contributed by atoms with E-state index in [1.807, 2.05) is 50.2 Å². The number of aryl methyl sites for hydroxylation is 2. The molecule has 4 rings (SSSR count). The maximum atomic E-state index is 12.5. The molecule has 6 nitrogen and oxygen atoms in total. The van der Waals surface area contributed by atoms with Crippen LogP contribution >= 0.6 is 0 Å². The van der Waals surface area contributed by atoms with Crippen molar-refractivity contribution in [2.24, 2.45) is 0 Å². The minimum atomic E-state index is -0.285. The highest BCUT2D eigenvalue weighted by molar-refractivity contribution is 5.98. The molecular weight excluding hydrogens is 330 g/mol. The van der Waals surface area contributed by atoms with Gasteiger partial charge in [-0.05, 0) is 37.6 Å². The fourth-order valence-corrected chi connectivity index (χ4v) is 2.83. The molecule has 26 heavy (non-hydrogen) atoms. The number of benzene rings is 1. The first kappa shape index (κ1) is 16.1. The minimum Gasteiger partial charge on any atom is -0.451 e. The molecule has 6 heteroatoms. The number of carbonyl (C=O) groups excluding carboxylic acids is 1. The molecule has 0 saturated carbocycles. The molecule has 4 aromatic rings. The largest absolute Gasteiger partial charge is 0.451 e. The zero-order chi connectivity index (χ0) is 18.1. The molecule has 0 radical (unpaired) electrons. The standard InChI is InChI=1S/C20H17N3O3/c1-12-6-7-15-13(2)19(25-18(15)9-12)20(24)22-11-14-10-17(23-26-14)16-5-3-4-8-21-16/h3-10H,11H2,1-2H3,(H,22,24). The van der Waals surface area contributed by atoms with Gasteiger partial charge in [-0.15, -0.1) is 0 Å². The van der Waals surface area contributed by atoms with E-state index in [-0.39, 0.29) is 12.5 Å². The van der Waals surface area contributed by atoms with Gasteiger partial charge in [0.2, 0.25) is 0 Å². The molecule has 0 aliphatic heterocycles. The smallest absolute Gasteiger partial charge is 0.287 e. The van der Waals surface area contributed by atoms with Crippen LogP contribution < -0.4 is 5.32 Å². The number of aromatic nitrogens is 2. The molecule has 0 spiro atoms. The zero-order valence-corrected chi connectivity index (χ0v) is 14.4. The highest BCUT2D eigenvalue weighted by Gasteiger charge is 2.18. The fourth-order valence-electron chi connectivity index (χ4n) is 2.83. The lowest BCUT2D eigenvalue weighted by Crippen LogP contribution is -2.22. The Hall–Kier alpha value is -3.41. The second kappa shape index (κ2) is 6.48. The molecule has 0 aliphatic rings. The van der Waals surface area contributed by atoms with E-state index in [1.165, 1.54) is 0 Å². The van der Waals surface area contributed by atoms with Crippen LogP contribution in [-0.2, 0) is 6.54 Å². The van der Waals surface area contributed by atoms with Gasteiger partial charge in [0.25, 0.3) is 5.91 Å². The number of rotatable bonds is 4. The van der Waals surface area contributed by atoms with Crippen molar-refractivity contribution >= 4 is 16.9 Å². The molecule has 130 valence electrons. The number of hydrogen-bond acceptors (Lipinski definition) is 5. The number of hydrogen-bond donors (Lipinski definition) is 1. The van der Waals surface area contributed by atoms with E-state index in [0.717, 1.165) is 22.2 Å². The van der Waals surface area contributed by atoms with Crippen LogP contribution in [0.1, 0.15) is 27.4 Å². The molecule has 1 N–H and O–H groups in total. The predicted octanol–water partition coefficient (Wildman–Crippen LogP) is 4.03. The third kappa shape index (κ3) is 2.97. The summed E-state index contributed by atoms with van der Waals surface area (Å²) in [6.07, 6.45) is 1.69. The normalized spacial score (nSPS) is 11.0. The van der Waals surface area contributed by atoms with Crippen molar-refractivity contribution in [1.29, 1.82) is 0 Å². The third-order valence-electron chi connectivity index (χ3n) is 4.21. The zero-order valence-electron chi connectivity index (χ0n) is 14.4. The van der Waals surface area contributed by atoms with E-state index in [1.54, 1.807) is 12.3 Å². The first-order valence-corrected chi connectivity index (χ1v) is 8.27. The highest BCUT2D eigenvalue weighted by Crippen LogP contribution is 2.26. The Morgan fingerprint density at radius 2 is 2.00 bits per heavy atom. The van der Waals surface area contributed by atoms with Crippen molar-refractivity contribution in [3.8, 4) is 11.4 Å². The van der Waals surface area contributed by atoms with E-state index in [9.17, 15) is 4.79 Å². The maximum absolute atomic E-state index is 12.5. The minimum absolute atomic E-state index is 0.216. The summed E-state index contributed by atoms with van der Waals surface area (Å²) in [5, 5.41) is 7.74. The quantitative estimate of drug-likeness (QED) is 0.603. The molecule has 1 amide bonds. The van der Waals surface area contributed by atoms with Crippen molar-refractivity contribution in [2.45, 2.75) is 20.4 Å². The van der Waals surface area contributed by atoms with Gasteiger partial charge in [-0.3, -0.25) is 9.78 Å². The van der Waals surface area contributed by atoms with Gasteiger partial charge in [0.05, 0.1) is 12.2 Å². The number of nitrogens with zero attached hydrogens (tertiary/aromatic N) is 2. The number of fused-ring (bicyclic) bond motifs is 1. The highest BCUT2D eigenvalue weighted by atomic mass is 16.5. The molecule has 0 saturated heterocycles. The number of nitrogens with one attached hydrogen (secondary N) is 1. The molecule has 3 aromatic heterocycles. The lowest BCUT2D eigenvalue weighted by Gasteiger charge is -2.00. The summed E-state index contributed by atoms with van der Waals surface area (Å²) in [5.41, 5.74) is 3.97. The van der Waals surface area contributed by atoms with Gasteiger partial charge in [-0.25, -0.2) is 0 Å². The topological polar surface area (TPSA) is 81.2 Å². The predicted molar refractivity (Wildman–Crippen MR) is 96.6 cm³/mol. The van der Waals surface area contributed by atoms with E-state index in [2.05, 4.69) is 15.5 Å². The van der Waals surface area contributed by atoms with Crippen LogP contribution in [0.3, 0.4) is 0 Å². The Morgan fingerprint density at radius 3 is 2.81 bits per heavy atom. The van der Waals surface area contributed by atoms with Crippen molar-refractivity contribution in [3.63, 3.8) is 0 Å². The van der Waals surface area contributed by atoms with Crippen molar-refractivity contribution < 1.29 is 13.7 Å². The SMILES string of the molecule is Cc1ccc2c(C)c(C(=O)NCc3cc(-c4ccccn4)no3)oc2c1. The lowest BCUT2D eigenvalue weighted by molar-refractivity contribution is 0.0920. The van der Waals surface area contributed by atoms with Crippen LogP contribution in [0.25, 0.3) is 22.4 Å². The Bertz CT molecular complexity index is 1080. The fraction of sp³-hybridized carbons (Fsp3) is 0.150. The number of carbonyl (C=O) groups is 1. The average molecular weight is 347 g/mol. The van der Waals surface area contributed by atoms with Gasteiger partial charge in [-0.1, -0.05) is 23.4 Å². The first-order chi connectivity index (χ1) is 12.6. The van der Waals surface area contributed by atoms with E-state index in [4.69, 9.17) is 8.94 Å². The molecule has 0 fully saturated rings. The van der Waals surface area contributed by atoms with Crippen LogP contribution in [0, 0.1) is 13.8 Å². The van der Waals surface area contributed by atoms with Crippen LogP contribution in [0.4, 0.5) is 0 Å². The summed E-state index contributed by atoms with van der Waals surface area (Å²) in [7, 11) is 0. The summed E-state index contributed by atoms with van der Waals surface area (Å²) in [6.45, 7) is 4.08. The molecule has 0 atom stereocenters. The Labute approximate surface area is 149 Å². The van der Waals surface area contributed by atoms with Gasteiger partial charge < -0.3 is 14.3 Å². The first-order valence-electron chi connectivity index (χ1n) is 8.27. The van der Waals surface area contributed by atoms with Crippen LogP contribution in [0.15, 0.2) is 57.6 Å². The number of furan rings is 1. The number of pyridine rings is 1. The van der Waals surface area contributed by atoms with Gasteiger partial charge in [0, 0.05) is 23.2 Å². The molecule has 0 unspecified atom stereocenters. The van der Waals surface area contributed by atoms with E-state index < -0.39 is 0 Å². The number of amides is 1. The van der Waals surface area contributed by atoms with Gasteiger partial charge >= 0.3 is 0 Å². The van der Waals surface area contributed by atoms with Crippen LogP contribution in [0.2, 0.25) is 0 Å². The van der Waals surface area contributed by atoms with Crippen molar-refractivity contribution in [3.05, 3.63) is 71.3 Å². The Kier molecular flexibility index (Phi) is 4.01. The molecule has 1 aromatic carbocycles. The molecular formula is C20H17N3O3. The van der Waals surface area contributed by atoms with Crippen molar-refractivity contribution in [1.82, 2.24) is 15.5 Å². The summed E-state index contributed by atoms with van der Waals surface area (Å²) in [4.78, 5) is 16.7. The maximum Gasteiger partial charge on any atom is 0.287 e. The van der Waals surface area contributed by atoms with Crippen LogP contribution in [-0.4, -0.2) is 16.0 Å². The molecule has 0 bridgehead atoms. The van der Waals surface area contributed by atoms with Gasteiger partial charge in [-0.2, -0.15) is 0 Å². The Balaban J connectivity index is 1.49. The summed E-state index contributed by atoms with van der Waals surface area (Å²) < 4.78 is 11.0. The second-order valence-electron chi connectivity index (χ2n) is 6.13.